The first-order valence-corrected chi connectivity index (χ1v) is 3.82. The van der Waals surface area contributed by atoms with Crippen molar-refractivity contribution >= 4 is 5.78 Å². The number of rotatable bonds is 3. The maximum absolute atomic E-state index is 11.3. The fraction of sp³-hybridized carbons (Fsp3) is 0.200. The summed E-state index contributed by atoms with van der Waals surface area (Å²) in [6.45, 7) is 5.37. The van der Waals surface area contributed by atoms with Gasteiger partial charge < -0.3 is 0 Å². The average Bonchev–Trinajstić information content (AvgIpc) is 2.05. The Labute approximate surface area is 71.9 Å². The van der Waals surface area contributed by atoms with Gasteiger partial charge in [0.05, 0.1) is 0 Å². The fourth-order valence-electron chi connectivity index (χ4n) is 0.934. The monoisotopic (exact) mass is 161 g/mol. The summed E-state index contributed by atoms with van der Waals surface area (Å²) in [5.74, 6) is 0.0219. The Kier molecular flexibility index (Phi) is 2.75. The largest absolute Gasteiger partial charge is 0.292 e. The molecule has 1 aromatic heterocycles. The van der Waals surface area contributed by atoms with E-state index in [9.17, 15) is 4.79 Å². The second kappa shape index (κ2) is 3.81. The molecule has 0 aliphatic rings. The van der Waals surface area contributed by atoms with Crippen LogP contribution in [-0.4, -0.2) is 10.8 Å². The molecule has 0 N–H and O–H groups in total. The maximum atomic E-state index is 11.3. The van der Waals surface area contributed by atoms with Crippen molar-refractivity contribution in [1.29, 1.82) is 0 Å². The normalized spacial score (nSPS) is 9.42. The van der Waals surface area contributed by atoms with E-state index in [-0.39, 0.29) is 5.78 Å². The third-order valence-electron chi connectivity index (χ3n) is 1.50. The van der Waals surface area contributed by atoms with Crippen LogP contribution in [0.3, 0.4) is 0 Å². The van der Waals surface area contributed by atoms with E-state index in [4.69, 9.17) is 0 Å². The topological polar surface area (TPSA) is 30.0 Å². The average molecular weight is 161 g/mol. The molecular formula is C10H11NO. The molecule has 1 aromatic rings. The van der Waals surface area contributed by atoms with E-state index in [1.807, 2.05) is 19.1 Å². The van der Waals surface area contributed by atoms with Gasteiger partial charge in [-0.2, -0.15) is 0 Å². The summed E-state index contributed by atoms with van der Waals surface area (Å²) in [5.41, 5.74) is 1.39. The number of hydrogen-bond acceptors (Lipinski definition) is 2. The van der Waals surface area contributed by atoms with Crippen LogP contribution in [0, 0.1) is 6.92 Å². The van der Waals surface area contributed by atoms with E-state index in [2.05, 4.69) is 11.6 Å². The summed E-state index contributed by atoms with van der Waals surface area (Å²) in [6, 6.07) is 5.42. The van der Waals surface area contributed by atoms with Gasteiger partial charge in [-0.3, -0.25) is 9.78 Å². The second-order valence-electron chi connectivity index (χ2n) is 2.58. The lowest BCUT2D eigenvalue weighted by molar-refractivity contribution is 0.0991. The number of Topliss-reactive ketones (excluding diaryl/α,β-unsaturated/α-hetero) is 1. The van der Waals surface area contributed by atoms with Gasteiger partial charge in [-0.1, -0.05) is 12.1 Å². The van der Waals surface area contributed by atoms with Crippen molar-refractivity contribution in [2.45, 2.75) is 13.3 Å². The van der Waals surface area contributed by atoms with E-state index < -0.39 is 0 Å². The molecule has 0 amide bonds. The molecule has 0 saturated carbocycles. The standard InChI is InChI=1S/C10H11NO/c1-3-5-10(12)9-7-4-6-8(2)11-9/h3-4,6-7H,1,5H2,2H3. The summed E-state index contributed by atoms with van der Waals surface area (Å²) >= 11 is 0. The zero-order valence-electron chi connectivity index (χ0n) is 7.08. The molecule has 0 aliphatic carbocycles. The van der Waals surface area contributed by atoms with Gasteiger partial charge in [-0.05, 0) is 19.1 Å². The van der Waals surface area contributed by atoms with Crippen molar-refractivity contribution in [2.75, 3.05) is 0 Å². The fourth-order valence-corrected chi connectivity index (χ4v) is 0.934. The first kappa shape index (κ1) is 8.65. The van der Waals surface area contributed by atoms with Gasteiger partial charge in [0.25, 0.3) is 0 Å². The summed E-state index contributed by atoms with van der Waals surface area (Å²) in [6.07, 6.45) is 1.95. The van der Waals surface area contributed by atoms with E-state index in [1.54, 1.807) is 12.1 Å². The highest BCUT2D eigenvalue weighted by atomic mass is 16.1. The van der Waals surface area contributed by atoms with Crippen LogP contribution in [0.25, 0.3) is 0 Å². The first-order chi connectivity index (χ1) is 5.74. The molecule has 0 spiro atoms. The van der Waals surface area contributed by atoms with Crippen molar-refractivity contribution in [3.8, 4) is 0 Å². The number of carbonyl (C=O) groups excluding carboxylic acids is 1. The molecule has 0 aromatic carbocycles. The molecule has 0 atom stereocenters. The molecule has 62 valence electrons. The Bertz CT molecular complexity index is 304. The van der Waals surface area contributed by atoms with E-state index in [0.29, 0.717) is 12.1 Å². The minimum Gasteiger partial charge on any atom is -0.292 e. The van der Waals surface area contributed by atoms with E-state index in [1.165, 1.54) is 0 Å². The van der Waals surface area contributed by atoms with Crippen LogP contribution in [-0.2, 0) is 0 Å². The van der Waals surface area contributed by atoms with Crippen molar-refractivity contribution < 1.29 is 4.79 Å². The van der Waals surface area contributed by atoms with Gasteiger partial charge in [0.15, 0.2) is 5.78 Å². The third kappa shape index (κ3) is 2.02. The Morgan fingerprint density at radius 2 is 2.42 bits per heavy atom. The van der Waals surface area contributed by atoms with Crippen molar-refractivity contribution in [3.05, 3.63) is 42.2 Å². The number of pyridine rings is 1. The summed E-state index contributed by atoms with van der Waals surface area (Å²) < 4.78 is 0. The highest BCUT2D eigenvalue weighted by molar-refractivity contribution is 5.95. The predicted molar refractivity (Wildman–Crippen MR) is 48.1 cm³/mol. The maximum Gasteiger partial charge on any atom is 0.184 e. The van der Waals surface area contributed by atoms with Crippen LogP contribution in [0.2, 0.25) is 0 Å². The van der Waals surface area contributed by atoms with E-state index >= 15 is 0 Å². The van der Waals surface area contributed by atoms with Crippen LogP contribution in [0.5, 0.6) is 0 Å². The highest BCUT2D eigenvalue weighted by Crippen LogP contribution is 2.01. The van der Waals surface area contributed by atoms with Gasteiger partial charge in [-0.25, -0.2) is 0 Å². The minimum absolute atomic E-state index is 0.0219. The Morgan fingerprint density at radius 1 is 1.67 bits per heavy atom. The molecule has 1 rings (SSSR count). The summed E-state index contributed by atoms with van der Waals surface area (Å²) in [4.78, 5) is 15.4. The Balaban J connectivity index is 2.87. The number of allylic oxidation sites excluding steroid dienone is 1. The third-order valence-corrected chi connectivity index (χ3v) is 1.50. The lowest BCUT2D eigenvalue weighted by atomic mass is 10.2. The van der Waals surface area contributed by atoms with Gasteiger partial charge >= 0.3 is 0 Å². The zero-order chi connectivity index (χ0) is 8.97. The van der Waals surface area contributed by atoms with Crippen LogP contribution in [0.15, 0.2) is 30.9 Å². The number of hydrogen-bond donors (Lipinski definition) is 0. The minimum atomic E-state index is 0.0219. The van der Waals surface area contributed by atoms with Gasteiger partial charge in [0.1, 0.15) is 5.69 Å². The predicted octanol–water partition coefficient (Wildman–Crippen LogP) is 2.15. The number of aromatic nitrogens is 1. The van der Waals surface area contributed by atoms with Gasteiger partial charge in [-0.15, -0.1) is 6.58 Å². The van der Waals surface area contributed by atoms with Crippen LogP contribution >= 0.6 is 0 Å². The molecule has 0 bridgehead atoms. The first-order valence-electron chi connectivity index (χ1n) is 3.82. The molecule has 0 unspecified atom stereocenters. The molecule has 0 radical (unpaired) electrons. The summed E-state index contributed by atoms with van der Waals surface area (Å²) in [5, 5.41) is 0. The number of nitrogens with zero attached hydrogens (tertiary/aromatic N) is 1. The summed E-state index contributed by atoms with van der Waals surface area (Å²) in [7, 11) is 0. The van der Waals surface area contributed by atoms with Gasteiger partial charge in [0, 0.05) is 12.1 Å². The van der Waals surface area contributed by atoms with Crippen molar-refractivity contribution in [1.82, 2.24) is 4.98 Å². The zero-order valence-corrected chi connectivity index (χ0v) is 7.08. The number of carbonyl (C=O) groups is 1. The lowest BCUT2D eigenvalue weighted by Gasteiger charge is -1.97. The SMILES string of the molecule is C=CCC(=O)c1cccc(C)n1. The molecular weight excluding hydrogens is 150 g/mol. The molecule has 0 fully saturated rings. The highest BCUT2D eigenvalue weighted by Gasteiger charge is 2.03. The number of ketones is 1. The van der Waals surface area contributed by atoms with Crippen molar-refractivity contribution in [2.24, 2.45) is 0 Å². The number of aryl methyl sites for hydroxylation is 1. The van der Waals surface area contributed by atoms with Crippen LogP contribution in [0.1, 0.15) is 22.6 Å². The smallest absolute Gasteiger partial charge is 0.184 e. The van der Waals surface area contributed by atoms with E-state index in [0.717, 1.165) is 5.69 Å². The molecule has 1 heterocycles. The molecule has 2 nitrogen and oxygen atoms in total. The van der Waals surface area contributed by atoms with Crippen LogP contribution in [0.4, 0.5) is 0 Å². The molecule has 12 heavy (non-hydrogen) atoms. The Hall–Kier alpha value is -1.44. The quantitative estimate of drug-likeness (QED) is 0.502. The molecule has 0 aliphatic heterocycles. The second-order valence-corrected chi connectivity index (χ2v) is 2.58. The van der Waals surface area contributed by atoms with Crippen LogP contribution < -0.4 is 0 Å². The Morgan fingerprint density at radius 3 is 3.00 bits per heavy atom. The van der Waals surface area contributed by atoms with Gasteiger partial charge in [0.2, 0.25) is 0 Å². The molecule has 0 saturated heterocycles. The lowest BCUT2D eigenvalue weighted by Crippen LogP contribution is -2.00. The van der Waals surface area contributed by atoms with Crippen molar-refractivity contribution in [3.63, 3.8) is 0 Å². The molecule has 2 heteroatoms.